The van der Waals surface area contributed by atoms with Crippen LogP contribution in [0.5, 0.6) is 0 Å². The minimum absolute atomic E-state index is 0.740. The lowest BCUT2D eigenvalue weighted by molar-refractivity contribution is 1.46. The Hall–Kier alpha value is -2.16. The molecule has 0 saturated carbocycles. The molecular formula is C14H17N3. The quantitative estimate of drug-likeness (QED) is 0.691. The number of anilines is 3. The molecule has 17 heavy (non-hydrogen) atoms. The molecule has 0 aromatic heterocycles. The molecule has 0 atom stereocenters. The van der Waals surface area contributed by atoms with Crippen LogP contribution < -0.4 is 16.8 Å². The summed E-state index contributed by atoms with van der Waals surface area (Å²) in [6.45, 7) is 2.00. The lowest BCUT2D eigenvalue weighted by Crippen LogP contribution is -1.96. The fraction of sp³-hybridized carbons (Fsp3) is 0.143. The summed E-state index contributed by atoms with van der Waals surface area (Å²) in [6, 6.07) is 12.0. The van der Waals surface area contributed by atoms with Gasteiger partial charge in [-0.1, -0.05) is 18.2 Å². The smallest absolute Gasteiger partial charge is 0.0571 e. The molecule has 5 N–H and O–H groups in total. The Balaban J connectivity index is 2.46. The molecule has 3 nitrogen and oxygen atoms in total. The number of aryl methyl sites for hydroxylation is 1. The lowest BCUT2D eigenvalue weighted by atomic mass is 10.0. The molecule has 2 aromatic carbocycles. The second kappa shape index (κ2) is 4.37. The first-order chi connectivity index (χ1) is 8.11. The van der Waals surface area contributed by atoms with Crippen LogP contribution in [-0.4, -0.2) is 7.05 Å². The number of rotatable bonds is 2. The third-order valence-electron chi connectivity index (χ3n) is 2.93. The summed E-state index contributed by atoms with van der Waals surface area (Å²) in [7, 11) is 1.86. The predicted octanol–water partition coefficient (Wildman–Crippen LogP) is 2.87. The second-order valence-corrected chi connectivity index (χ2v) is 4.12. The Labute approximate surface area is 101 Å². The standard InChI is InChI=1S/C14H17N3/c1-9-3-4-10(7-12(9)15)11-5-6-14(17-2)13(16)8-11/h3-8,17H,15-16H2,1-2H3. The van der Waals surface area contributed by atoms with E-state index in [0.717, 1.165) is 33.8 Å². The molecule has 88 valence electrons. The van der Waals surface area contributed by atoms with Crippen LogP contribution >= 0.6 is 0 Å². The van der Waals surface area contributed by atoms with E-state index in [1.54, 1.807) is 0 Å². The molecule has 0 spiro atoms. The van der Waals surface area contributed by atoms with E-state index in [0.29, 0.717) is 0 Å². The van der Waals surface area contributed by atoms with Gasteiger partial charge in [-0.15, -0.1) is 0 Å². The summed E-state index contributed by atoms with van der Waals surface area (Å²) in [5.74, 6) is 0. The largest absolute Gasteiger partial charge is 0.398 e. The molecule has 0 aliphatic carbocycles. The SMILES string of the molecule is CNc1ccc(-c2ccc(C)c(N)c2)cc1N. The van der Waals surface area contributed by atoms with Crippen LogP contribution in [-0.2, 0) is 0 Å². The van der Waals surface area contributed by atoms with Crippen molar-refractivity contribution in [3.05, 3.63) is 42.0 Å². The molecule has 0 amide bonds. The average molecular weight is 227 g/mol. The van der Waals surface area contributed by atoms with Crippen molar-refractivity contribution in [3.63, 3.8) is 0 Å². The maximum Gasteiger partial charge on any atom is 0.0571 e. The number of nitrogens with one attached hydrogen (secondary N) is 1. The Kier molecular flexibility index (Phi) is 2.91. The highest BCUT2D eigenvalue weighted by Crippen LogP contribution is 2.28. The first-order valence-electron chi connectivity index (χ1n) is 5.55. The Morgan fingerprint density at radius 1 is 0.882 bits per heavy atom. The van der Waals surface area contributed by atoms with Crippen LogP contribution in [0.25, 0.3) is 11.1 Å². The molecule has 0 fully saturated rings. The van der Waals surface area contributed by atoms with Crippen molar-refractivity contribution in [1.82, 2.24) is 0 Å². The van der Waals surface area contributed by atoms with Gasteiger partial charge in [0.15, 0.2) is 0 Å². The molecule has 0 saturated heterocycles. The minimum Gasteiger partial charge on any atom is -0.398 e. The van der Waals surface area contributed by atoms with Gasteiger partial charge in [0.25, 0.3) is 0 Å². The molecule has 0 bridgehead atoms. The first kappa shape index (κ1) is 11.3. The third-order valence-corrected chi connectivity index (χ3v) is 2.93. The monoisotopic (exact) mass is 227 g/mol. The molecule has 0 unspecified atom stereocenters. The number of benzene rings is 2. The van der Waals surface area contributed by atoms with Crippen molar-refractivity contribution in [3.8, 4) is 11.1 Å². The summed E-state index contributed by atoms with van der Waals surface area (Å²) in [6.07, 6.45) is 0. The molecule has 0 aliphatic rings. The van der Waals surface area contributed by atoms with Crippen molar-refractivity contribution in [2.75, 3.05) is 23.8 Å². The Bertz CT molecular complexity index is 547. The summed E-state index contributed by atoms with van der Waals surface area (Å²) < 4.78 is 0. The number of hydrogen-bond acceptors (Lipinski definition) is 3. The highest BCUT2D eigenvalue weighted by molar-refractivity contribution is 5.77. The molecule has 0 heterocycles. The summed E-state index contributed by atoms with van der Waals surface area (Å²) in [5.41, 5.74) is 17.6. The van der Waals surface area contributed by atoms with Crippen LogP contribution in [0.1, 0.15) is 5.56 Å². The van der Waals surface area contributed by atoms with Gasteiger partial charge in [-0.25, -0.2) is 0 Å². The normalized spacial score (nSPS) is 10.2. The van der Waals surface area contributed by atoms with Gasteiger partial charge in [0.2, 0.25) is 0 Å². The van der Waals surface area contributed by atoms with Gasteiger partial charge in [-0.3, -0.25) is 0 Å². The molecule has 3 heteroatoms. The third kappa shape index (κ3) is 2.18. The Morgan fingerprint density at radius 3 is 2.00 bits per heavy atom. The van der Waals surface area contributed by atoms with Crippen LogP contribution in [0, 0.1) is 6.92 Å². The highest BCUT2D eigenvalue weighted by Gasteiger charge is 2.03. The van der Waals surface area contributed by atoms with Gasteiger partial charge in [0.05, 0.1) is 11.4 Å². The topological polar surface area (TPSA) is 64.1 Å². The molecule has 0 radical (unpaired) electrons. The van der Waals surface area contributed by atoms with Crippen molar-refractivity contribution in [2.45, 2.75) is 6.92 Å². The zero-order chi connectivity index (χ0) is 12.4. The van der Waals surface area contributed by atoms with E-state index in [1.807, 2.05) is 44.3 Å². The lowest BCUT2D eigenvalue weighted by Gasteiger charge is -2.09. The fourth-order valence-electron chi connectivity index (χ4n) is 1.79. The minimum atomic E-state index is 0.740. The number of nitrogens with two attached hydrogens (primary N) is 2. The summed E-state index contributed by atoms with van der Waals surface area (Å²) >= 11 is 0. The van der Waals surface area contributed by atoms with E-state index in [-0.39, 0.29) is 0 Å². The molecular weight excluding hydrogens is 210 g/mol. The number of nitrogen functional groups attached to an aromatic ring is 2. The maximum absolute atomic E-state index is 5.94. The van der Waals surface area contributed by atoms with Gasteiger partial charge in [0, 0.05) is 12.7 Å². The van der Waals surface area contributed by atoms with Crippen LogP contribution in [0.2, 0.25) is 0 Å². The number of hydrogen-bond donors (Lipinski definition) is 3. The van der Waals surface area contributed by atoms with Crippen LogP contribution in [0.4, 0.5) is 17.1 Å². The van der Waals surface area contributed by atoms with Crippen molar-refractivity contribution in [1.29, 1.82) is 0 Å². The van der Waals surface area contributed by atoms with E-state index in [2.05, 4.69) is 11.4 Å². The second-order valence-electron chi connectivity index (χ2n) is 4.12. The molecule has 2 aromatic rings. The van der Waals surface area contributed by atoms with Gasteiger partial charge < -0.3 is 16.8 Å². The van der Waals surface area contributed by atoms with Gasteiger partial charge in [-0.05, 0) is 41.8 Å². The molecule has 0 aliphatic heterocycles. The van der Waals surface area contributed by atoms with E-state index in [1.165, 1.54) is 0 Å². The van der Waals surface area contributed by atoms with E-state index in [4.69, 9.17) is 11.5 Å². The fourth-order valence-corrected chi connectivity index (χ4v) is 1.79. The maximum atomic E-state index is 5.94. The zero-order valence-corrected chi connectivity index (χ0v) is 10.1. The average Bonchev–Trinajstić information content (AvgIpc) is 2.32. The first-order valence-corrected chi connectivity index (χ1v) is 5.55. The van der Waals surface area contributed by atoms with E-state index in [9.17, 15) is 0 Å². The van der Waals surface area contributed by atoms with Gasteiger partial charge >= 0.3 is 0 Å². The van der Waals surface area contributed by atoms with Crippen molar-refractivity contribution in [2.24, 2.45) is 0 Å². The predicted molar refractivity (Wildman–Crippen MR) is 75.0 cm³/mol. The van der Waals surface area contributed by atoms with Gasteiger partial charge in [0.1, 0.15) is 0 Å². The summed E-state index contributed by atoms with van der Waals surface area (Å²) in [5, 5.41) is 3.04. The van der Waals surface area contributed by atoms with E-state index >= 15 is 0 Å². The highest BCUT2D eigenvalue weighted by atomic mass is 14.8. The van der Waals surface area contributed by atoms with Crippen LogP contribution in [0.15, 0.2) is 36.4 Å². The summed E-state index contributed by atoms with van der Waals surface area (Å²) in [4.78, 5) is 0. The van der Waals surface area contributed by atoms with Crippen LogP contribution in [0.3, 0.4) is 0 Å². The Morgan fingerprint density at radius 2 is 1.47 bits per heavy atom. The zero-order valence-electron chi connectivity index (χ0n) is 10.1. The van der Waals surface area contributed by atoms with Gasteiger partial charge in [-0.2, -0.15) is 0 Å². The van der Waals surface area contributed by atoms with E-state index < -0.39 is 0 Å². The molecule has 2 rings (SSSR count). The van der Waals surface area contributed by atoms with Crippen molar-refractivity contribution >= 4 is 17.1 Å². The van der Waals surface area contributed by atoms with Crippen molar-refractivity contribution < 1.29 is 0 Å².